The maximum Gasteiger partial charge on any atom is 0.264 e. The number of methoxy groups -OCH3 is 1. The summed E-state index contributed by atoms with van der Waals surface area (Å²) >= 11 is 0. The van der Waals surface area contributed by atoms with Gasteiger partial charge in [0, 0.05) is 30.7 Å². The normalized spacial score (nSPS) is 12.6. The monoisotopic (exact) mass is 360 g/mol. The van der Waals surface area contributed by atoms with Crippen molar-refractivity contribution in [3.8, 4) is 22.6 Å². The fourth-order valence-corrected chi connectivity index (χ4v) is 3.30. The fourth-order valence-electron chi connectivity index (χ4n) is 3.30. The largest absolute Gasteiger partial charge is 0.497 e. The van der Waals surface area contributed by atoms with Crippen LogP contribution < -0.4 is 14.4 Å². The molecule has 1 aliphatic heterocycles. The third-order valence-electron chi connectivity index (χ3n) is 4.69. The van der Waals surface area contributed by atoms with Crippen LogP contribution >= 0.6 is 0 Å². The average Bonchev–Trinajstić information content (AvgIpc) is 3.16. The quantitative estimate of drug-likeness (QED) is 0.696. The van der Waals surface area contributed by atoms with Crippen LogP contribution in [-0.2, 0) is 11.2 Å². The van der Waals surface area contributed by atoms with E-state index in [1.165, 1.54) is 5.56 Å². The summed E-state index contributed by atoms with van der Waals surface area (Å²) in [5.74, 6) is 1.28. The van der Waals surface area contributed by atoms with Crippen molar-refractivity contribution in [2.45, 2.75) is 6.42 Å². The lowest BCUT2D eigenvalue weighted by Gasteiger charge is -2.18. The minimum absolute atomic E-state index is 0.00128. The van der Waals surface area contributed by atoms with Gasteiger partial charge in [0.2, 0.25) is 0 Å². The van der Waals surface area contributed by atoms with Crippen LogP contribution in [0.15, 0.2) is 67.0 Å². The molecule has 1 aromatic heterocycles. The zero-order valence-corrected chi connectivity index (χ0v) is 15.1. The van der Waals surface area contributed by atoms with Gasteiger partial charge >= 0.3 is 0 Å². The van der Waals surface area contributed by atoms with Crippen molar-refractivity contribution in [3.05, 3.63) is 72.6 Å². The molecule has 0 bridgehead atoms. The molecule has 4 rings (SSSR count). The third kappa shape index (κ3) is 3.62. The molecule has 2 aromatic carbocycles. The van der Waals surface area contributed by atoms with Crippen LogP contribution in [0.2, 0.25) is 0 Å². The molecule has 0 atom stereocenters. The molecule has 0 saturated heterocycles. The molecule has 0 aliphatic carbocycles. The lowest BCUT2D eigenvalue weighted by atomic mass is 10.0. The summed E-state index contributed by atoms with van der Waals surface area (Å²) in [5.41, 5.74) is 4.41. The first-order valence-corrected chi connectivity index (χ1v) is 8.85. The maximum absolute atomic E-state index is 12.7. The van der Waals surface area contributed by atoms with Gasteiger partial charge in [0.1, 0.15) is 11.5 Å². The molecule has 2 heterocycles. The molecule has 5 heteroatoms. The number of benzene rings is 2. The Bertz CT molecular complexity index is 957. The predicted octanol–water partition coefficient (Wildman–Crippen LogP) is 3.73. The highest BCUT2D eigenvalue weighted by Crippen LogP contribution is 2.32. The molecule has 136 valence electrons. The molecule has 1 amide bonds. The second kappa shape index (κ2) is 7.50. The van der Waals surface area contributed by atoms with Gasteiger partial charge in [-0.15, -0.1) is 0 Å². The minimum Gasteiger partial charge on any atom is -0.497 e. The number of carbonyl (C=O) groups excluding carboxylic acids is 1. The zero-order valence-electron chi connectivity index (χ0n) is 15.1. The summed E-state index contributed by atoms with van der Waals surface area (Å²) < 4.78 is 10.8. The highest BCUT2D eigenvalue weighted by atomic mass is 16.5. The van der Waals surface area contributed by atoms with Gasteiger partial charge in [0.25, 0.3) is 5.91 Å². The number of amides is 1. The molecule has 27 heavy (non-hydrogen) atoms. The van der Waals surface area contributed by atoms with Crippen molar-refractivity contribution in [2.24, 2.45) is 0 Å². The molecular formula is C22H20N2O3. The van der Waals surface area contributed by atoms with Crippen LogP contribution in [-0.4, -0.2) is 31.2 Å². The van der Waals surface area contributed by atoms with Crippen molar-refractivity contribution in [3.63, 3.8) is 0 Å². The molecule has 0 spiro atoms. The first-order valence-electron chi connectivity index (χ1n) is 8.85. The number of fused-ring (bicyclic) bond motifs is 1. The van der Waals surface area contributed by atoms with Gasteiger partial charge in [-0.2, -0.15) is 0 Å². The Hall–Kier alpha value is -3.34. The number of hydrogen-bond donors (Lipinski definition) is 0. The molecule has 0 fully saturated rings. The van der Waals surface area contributed by atoms with Crippen LogP contribution in [0.1, 0.15) is 5.56 Å². The van der Waals surface area contributed by atoms with E-state index in [0.29, 0.717) is 18.0 Å². The van der Waals surface area contributed by atoms with Crippen molar-refractivity contribution in [2.75, 3.05) is 25.2 Å². The third-order valence-corrected chi connectivity index (χ3v) is 4.69. The second-order valence-electron chi connectivity index (χ2n) is 6.34. The van der Waals surface area contributed by atoms with E-state index in [9.17, 15) is 4.79 Å². The Morgan fingerprint density at radius 3 is 2.67 bits per heavy atom. The van der Waals surface area contributed by atoms with Crippen molar-refractivity contribution in [1.82, 2.24) is 4.98 Å². The molecule has 0 radical (unpaired) electrons. The van der Waals surface area contributed by atoms with Crippen molar-refractivity contribution >= 4 is 11.6 Å². The molecule has 0 saturated carbocycles. The number of rotatable bonds is 5. The van der Waals surface area contributed by atoms with Gasteiger partial charge in [-0.1, -0.05) is 12.1 Å². The van der Waals surface area contributed by atoms with Gasteiger partial charge in [0.15, 0.2) is 6.61 Å². The van der Waals surface area contributed by atoms with Crippen LogP contribution in [0, 0.1) is 0 Å². The number of carbonyl (C=O) groups is 1. The van der Waals surface area contributed by atoms with Crippen LogP contribution in [0.5, 0.6) is 11.5 Å². The smallest absolute Gasteiger partial charge is 0.264 e. The first-order chi connectivity index (χ1) is 13.2. The SMILES string of the molecule is COc1cccc(OCC(=O)N2CCc3cc(-c4ccncc4)ccc32)c1. The van der Waals surface area contributed by atoms with E-state index >= 15 is 0 Å². The molecule has 1 aliphatic rings. The van der Waals surface area contributed by atoms with E-state index in [1.54, 1.807) is 30.5 Å². The van der Waals surface area contributed by atoms with Crippen LogP contribution in [0.3, 0.4) is 0 Å². The molecule has 5 nitrogen and oxygen atoms in total. The van der Waals surface area contributed by atoms with E-state index in [2.05, 4.69) is 11.1 Å². The number of pyridine rings is 1. The molecule has 3 aromatic rings. The van der Waals surface area contributed by atoms with E-state index in [0.717, 1.165) is 23.2 Å². The zero-order chi connectivity index (χ0) is 18.6. The highest BCUT2D eigenvalue weighted by molar-refractivity contribution is 5.97. The van der Waals surface area contributed by atoms with Gasteiger partial charge in [-0.3, -0.25) is 9.78 Å². The van der Waals surface area contributed by atoms with E-state index in [-0.39, 0.29) is 12.5 Å². The summed E-state index contributed by atoms with van der Waals surface area (Å²) in [7, 11) is 1.60. The molecule has 0 N–H and O–H groups in total. The average molecular weight is 360 g/mol. The van der Waals surface area contributed by atoms with E-state index in [4.69, 9.17) is 9.47 Å². The van der Waals surface area contributed by atoms with Crippen molar-refractivity contribution in [1.29, 1.82) is 0 Å². The van der Waals surface area contributed by atoms with E-state index in [1.807, 2.05) is 42.5 Å². The number of ether oxygens (including phenoxy) is 2. The standard InChI is InChI=1S/C22H20N2O3/c1-26-19-3-2-4-20(14-19)27-15-22(25)24-12-9-18-13-17(5-6-21(18)24)16-7-10-23-11-8-16/h2-8,10-11,13-14H,9,12,15H2,1H3. The minimum atomic E-state index is -0.0479. The van der Waals surface area contributed by atoms with Gasteiger partial charge in [-0.05, 0) is 59.5 Å². The Balaban J connectivity index is 1.46. The predicted molar refractivity (Wildman–Crippen MR) is 104 cm³/mol. The topological polar surface area (TPSA) is 51.7 Å². The second-order valence-corrected chi connectivity index (χ2v) is 6.34. The number of hydrogen-bond acceptors (Lipinski definition) is 4. The molecule has 0 unspecified atom stereocenters. The lowest BCUT2D eigenvalue weighted by molar-refractivity contribution is -0.120. The number of anilines is 1. The molecular weight excluding hydrogens is 340 g/mol. The lowest BCUT2D eigenvalue weighted by Crippen LogP contribution is -2.33. The van der Waals surface area contributed by atoms with Gasteiger partial charge in [0.05, 0.1) is 7.11 Å². The number of aromatic nitrogens is 1. The first kappa shape index (κ1) is 17.1. The maximum atomic E-state index is 12.7. The number of nitrogens with zero attached hydrogens (tertiary/aromatic N) is 2. The summed E-state index contributed by atoms with van der Waals surface area (Å²) in [6.07, 6.45) is 4.42. The highest BCUT2D eigenvalue weighted by Gasteiger charge is 2.25. The Morgan fingerprint density at radius 2 is 1.85 bits per heavy atom. The summed E-state index contributed by atoms with van der Waals surface area (Å²) in [6, 6.07) is 17.4. The van der Waals surface area contributed by atoms with Gasteiger partial charge in [-0.25, -0.2) is 0 Å². The van der Waals surface area contributed by atoms with Crippen LogP contribution in [0.4, 0.5) is 5.69 Å². The Kier molecular flexibility index (Phi) is 4.75. The summed E-state index contributed by atoms with van der Waals surface area (Å²) in [5, 5.41) is 0. The van der Waals surface area contributed by atoms with E-state index < -0.39 is 0 Å². The van der Waals surface area contributed by atoms with Gasteiger partial charge < -0.3 is 14.4 Å². The Morgan fingerprint density at radius 1 is 1.04 bits per heavy atom. The fraction of sp³-hybridized carbons (Fsp3) is 0.182. The van der Waals surface area contributed by atoms with Crippen molar-refractivity contribution < 1.29 is 14.3 Å². The summed E-state index contributed by atoms with van der Waals surface area (Å²) in [4.78, 5) is 18.5. The van der Waals surface area contributed by atoms with Crippen LogP contribution in [0.25, 0.3) is 11.1 Å². The summed E-state index contributed by atoms with van der Waals surface area (Å²) in [6.45, 7) is 0.675. The Labute approximate surface area is 158 Å².